The summed E-state index contributed by atoms with van der Waals surface area (Å²) in [7, 11) is 1.92. The van der Waals surface area contributed by atoms with Crippen molar-refractivity contribution >= 4 is 5.84 Å². The van der Waals surface area contributed by atoms with E-state index in [9.17, 15) is 0 Å². The van der Waals surface area contributed by atoms with Crippen molar-refractivity contribution < 1.29 is 5.21 Å². The van der Waals surface area contributed by atoms with Crippen molar-refractivity contribution in [3.63, 3.8) is 0 Å². The van der Waals surface area contributed by atoms with E-state index in [1.165, 1.54) is 0 Å². The minimum atomic E-state index is -0.0943. The molecule has 1 aromatic heterocycles. The molecule has 0 fully saturated rings. The van der Waals surface area contributed by atoms with Gasteiger partial charge in [-0.1, -0.05) is 5.16 Å². The molecule has 0 amide bonds. The Labute approximate surface area is 89.2 Å². The summed E-state index contributed by atoms with van der Waals surface area (Å²) in [5.41, 5.74) is 6.66. The van der Waals surface area contributed by atoms with Crippen LogP contribution in [0.15, 0.2) is 29.7 Å². The third-order valence-electron chi connectivity index (χ3n) is 2.39. The van der Waals surface area contributed by atoms with E-state index in [1.807, 2.05) is 31.0 Å². The van der Waals surface area contributed by atoms with Gasteiger partial charge in [0.2, 0.25) is 0 Å². The van der Waals surface area contributed by atoms with E-state index in [1.54, 1.807) is 12.4 Å². The first-order valence-corrected chi connectivity index (χ1v) is 4.71. The number of amidine groups is 1. The number of oxime groups is 1. The van der Waals surface area contributed by atoms with Gasteiger partial charge in [0.15, 0.2) is 5.84 Å². The Morgan fingerprint density at radius 3 is 2.73 bits per heavy atom. The van der Waals surface area contributed by atoms with Gasteiger partial charge >= 0.3 is 0 Å². The van der Waals surface area contributed by atoms with Gasteiger partial charge in [0, 0.05) is 18.9 Å². The molecule has 5 nitrogen and oxygen atoms in total. The highest BCUT2D eigenvalue weighted by Crippen LogP contribution is 2.04. The Hall–Kier alpha value is -1.62. The van der Waals surface area contributed by atoms with Crippen molar-refractivity contribution in [3.8, 4) is 0 Å². The molecule has 0 spiro atoms. The second-order valence-electron chi connectivity index (χ2n) is 3.47. The monoisotopic (exact) mass is 208 g/mol. The van der Waals surface area contributed by atoms with Gasteiger partial charge in [0.25, 0.3) is 0 Å². The molecular weight excluding hydrogens is 192 g/mol. The van der Waals surface area contributed by atoms with Crippen molar-refractivity contribution in [3.05, 3.63) is 30.1 Å². The van der Waals surface area contributed by atoms with E-state index < -0.39 is 0 Å². The largest absolute Gasteiger partial charge is 0.409 e. The summed E-state index contributed by atoms with van der Waals surface area (Å²) in [6, 6.07) is 3.79. The lowest BCUT2D eigenvalue weighted by Crippen LogP contribution is -2.40. The molecule has 0 aliphatic heterocycles. The molecule has 1 aromatic rings. The lowest BCUT2D eigenvalue weighted by molar-refractivity contribution is 0.279. The number of likely N-dealkylation sites (N-methyl/N-ethyl adjacent to an activating group) is 1. The number of aromatic nitrogens is 1. The topological polar surface area (TPSA) is 74.7 Å². The minimum Gasteiger partial charge on any atom is -0.409 e. The number of hydrogen-bond acceptors (Lipinski definition) is 4. The average molecular weight is 208 g/mol. The molecule has 0 saturated carbocycles. The van der Waals surface area contributed by atoms with Crippen molar-refractivity contribution in [1.82, 2.24) is 9.88 Å². The van der Waals surface area contributed by atoms with Crippen LogP contribution in [0, 0.1) is 0 Å². The van der Waals surface area contributed by atoms with Crippen LogP contribution in [0.4, 0.5) is 0 Å². The average Bonchev–Trinajstić information content (AvgIpc) is 2.28. The fraction of sp³-hybridized carbons (Fsp3) is 0.400. The molecule has 15 heavy (non-hydrogen) atoms. The molecule has 1 unspecified atom stereocenters. The molecule has 0 saturated heterocycles. The van der Waals surface area contributed by atoms with Crippen LogP contribution in [0.2, 0.25) is 0 Å². The summed E-state index contributed by atoms with van der Waals surface area (Å²) < 4.78 is 0. The van der Waals surface area contributed by atoms with Gasteiger partial charge in [-0.15, -0.1) is 0 Å². The molecule has 1 atom stereocenters. The van der Waals surface area contributed by atoms with Crippen LogP contribution in [-0.4, -0.2) is 34.0 Å². The van der Waals surface area contributed by atoms with Crippen LogP contribution in [0.1, 0.15) is 12.5 Å². The third-order valence-corrected chi connectivity index (χ3v) is 2.39. The van der Waals surface area contributed by atoms with Gasteiger partial charge in [-0.05, 0) is 31.7 Å². The Balaban J connectivity index is 2.60. The normalized spacial score (nSPS) is 14.2. The predicted octanol–water partition coefficient (Wildman–Crippen LogP) is 0.648. The van der Waals surface area contributed by atoms with E-state index in [2.05, 4.69) is 10.1 Å². The van der Waals surface area contributed by atoms with Crippen LogP contribution < -0.4 is 5.73 Å². The maximum absolute atomic E-state index is 8.55. The zero-order valence-electron chi connectivity index (χ0n) is 8.96. The highest BCUT2D eigenvalue weighted by Gasteiger charge is 2.13. The van der Waals surface area contributed by atoms with E-state index in [-0.39, 0.29) is 11.9 Å². The van der Waals surface area contributed by atoms with Crippen LogP contribution in [0.5, 0.6) is 0 Å². The fourth-order valence-electron chi connectivity index (χ4n) is 1.22. The predicted molar refractivity (Wildman–Crippen MR) is 58.6 cm³/mol. The van der Waals surface area contributed by atoms with Crippen LogP contribution in [-0.2, 0) is 6.54 Å². The number of hydrogen-bond donors (Lipinski definition) is 2. The summed E-state index contributed by atoms with van der Waals surface area (Å²) in [6.07, 6.45) is 3.49. The molecule has 0 bridgehead atoms. The summed E-state index contributed by atoms with van der Waals surface area (Å²) >= 11 is 0. The Kier molecular flexibility index (Phi) is 4.05. The van der Waals surface area contributed by atoms with E-state index in [4.69, 9.17) is 10.9 Å². The zero-order chi connectivity index (χ0) is 11.3. The van der Waals surface area contributed by atoms with Crippen molar-refractivity contribution in [2.24, 2.45) is 10.9 Å². The van der Waals surface area contributed by atoms with Crippen molar-refractivity contribution in [2.45, 2.75) is 19.5 Å². The molecule has 0 aliphatic carbocycles. The molecule has 0 aliphatic rings. The number of nitrogens with two attached hydrogens (primary N) is 1. The summed E-state index contributed by atoms with van der Waals surface area (Å²) in [6.45, 7) is 2.62. The number of rotatable bonds is 4. The van der Waals surface area contributed by atoms with Crippen molar-refractivity contribution in [1.29, 1.82) is 0 Å². The lowest BCUT2D eigenvalue weighted by atomic mass is 10.2. The SMILES string of the molecule is CC(C(N)=NO)N(C)Cc1ccncc1. The second kappa shape index (κ2) is 5.31. The van der Waals surface area contributed by atoms with Gasteiger partial charge in [-0.3, -0.25) is 9.88 Å². The number of pyridine rings is 1. The van der Waals surface area contributed by atoms with Gasteiger partial charge in [0.1, 0.15) is 0 Å². The standard InChI is InChI=1S/C10H16N4O/c1-8(10(11)13-15)14(2)7-9-3-5-12-6-4-9/h3-6,8,15H,7H2,1-2H3,(H2,11,13). The van der Waals surface area contributed by atoms with Crippen LogP contribution >= 0.6 is 0 Å². The Morgan fingerprint density at radius 1 is 1.60 bits per heavy atom. The first-order chi connectivity index (χ1) is 7.15. The van der Waals surface area contributed by atoms with Gasteiger partial charge < -0.3 is 10.9 Å². The molecule has 0 radical (unpaired) electrons. The third kappa shape index (κ3) is 3.21. The number of nitrogens with zero attached hydrogens (tertiary/aromatic N) is 3. The fourth-order valence-corrected chi connectivity index (χ4v) is 1.22. The lowest BCUT2D eigenvalue weighted by Gasteiger charge is -2.23. The first kappa shape index (κ1) is 11.5. The maximum Gasteiger partial charge on any atom is 0.156 e. The van der Waals surface area contributed by atoms with Gasteiger partial charge in [-0.2, -0.15) is 0 Å². The Morgan fingerprint density at radius 2 is 2.20 bits per heavy atom. The molecule has 3 N–H and O–H groups in total. The molecule has 1 heterocycles. The first-order valence-electron chi connectivity index (χ1n) is 4.71. The van der Waals surface area contributed by atoms with E-state index >= 15 is 0 Å². The van der Waals surface area contributed by atoms with Crippen molar-refractivity contribution in [2.75, 3.05) is 7.05 Å². The van der Waals surface area contributed by atoms with E-state index in [0.29, 0.717) is 0 Å². The molecular formula is C10H16N4O. The summed E-state index contributed by atoms with van der Waals surface area (Å²) in [5, 5.41) is 11.5. The summed E-state index contributed by atoms with van der Waals surface area (Å²) in [5.74, 6) is 0.214. The quantitative estimate of drug-likeness (QED) is 0.330. The van der Waals surface area contributed by atoms with Crippen LogP contribution in [0.25, 0.3) is 0 Å². The smallest absolute Gasteiger partial charge is 0.156 e. The van der Waals surface area contributed by atoms with Gasteiger partial charge in [-0.25, -0.2) is 0 Å². The zero-order valence-corrected chi connectivity index (χ0v) is 8.96. The maximum atomic E-state index is 8.55. The Bertz CT molecular complexity index is 325. The highest BCUT2D eigenvalue weighted by atomic mass is 16.4. The molecule has 5 heteroatoms. The minimum absolute atomic E-state index is 0.0943. The summed E-state index contributed by atoms with van der Waals surface area (Å²) in [4.78, 5) is 5.93. The van der Waals surface area contributed by atoms with Crippen LogP contribution in [0.3, 0.4) is 0 Å². The molecule has 1 rings (SSSR count). The molecule has 0 aromatic carbocycles. The molecule has 82 valence electrons. The van der Waals surface area contributed by atoms with E-state index in [0.717, 1.165) is 12.1 Å². The highest BCUT2D eigenvalue weighted by molar-refractivity contribution is 5.84. The van der Waals surface area contributed by atoms with Gasteiger partial charge in [0.05, 0.1) is 6.04 Å². The second-order valence-corrected chi connectivity index (χ2v) is 3.47.